The van der Waals surface area contributed by atoms with Gasteiger partial charge in [0.15, 0.2) is 0 Å². The van der Waals surface area contributed by atoms with Crippen molar-refractivity contribution in [3.8, 4) is 0 Å². The van der Waals surface area contributed by atoms with Gasteiger partial charge >= 0.3 is 0 Å². The van der Waals surface area contributed by atoms with E-state index in [1.54, 1.807) is 25.7 Å². The van der Waals surface area contributed by atoms with Crippen LogP contribution in [0, 0.1) is 40.4 Å². The van der Waals surface area contributed by atoms with Gasteiger partial charge < -0.3 is 0 Å². The Kier molecular flexibility index (Phi) is 4.21. The van der Waals surface area contributed by atoms with Crippen molar-refractivity contribution in [2.24, 2.45) is 40.4 Å². The molecule has 0 nitrogen and oxygen atoms in total. The van der Waals surface area contributed by atoms with Gasteiger partial charge in [0, 0.05) is 0 Å². The molecule has 0 aromatic rings. The van der Waals surface area contributed by atoms with E-state index in [-0.39, 0.29) is 0 Å². The molecule has 3 rings (SSSR count). The van der Waals surface area contributed by atoms with Crippen LogP contribution in [0.25, 0.3) is 0 Å². The molecule has 0 radical (unpaired) electrons. The normalized spacial score (nSPS) is 41.3. The lowest BCUT2D eigenvalue weighted by Crippen LogP contribution is -2.36. The maximum Gasteiger partial charge on any atom is -0.0295 e. The van der Waals surface area contributed by atoms with Crippen LogP contribution in [-0.2, 0) is 0 Å². The zero-order chi connectivity index (χ0) is 15.3. The molecular formula is C21H38. The van der Waals surface area contributed by atoms with E-state index in [2.05, 4.69) is 34.6 Å². The van der Waals surface area contributed by atoms with Crippen LogP contribution in [0.15, 0.2) is 0 Å². The van der Waals surface area contributed by atoms with Gasteiger partial charge in [0.2, 0.25) is 0 Å². The molecule has 0 saturated heterocycles. The van der Waals surface area contributed by atoms with Crippen LogP contribution in [0.4, 0.5) is 0 Å². The van der Waals surface area contributed by atoms with Crippen LogP contribution < -0.4 is 0 Å². The summed E-state index contributed by atoms with van der Waals surface area (Å²) in [5.74, 6) is 5.18. The molecule has 5 unspecified atom stereocenters. The molecule has 0 amide bonds. The zero-order valence-corrected chi connectivity index (χ0v) is 15.3. The molecule has 3 saturated carbocycles. The largest absolute Gasteiger partial charge is 0.0599 e. The Hall–Kier alpha value is 0. The van der Waals surface area contributed by atoms with Crippen LogP contribution in [-0.4, -0.2) is 0 Å². The molecule has 3 aliphatic rings. The van der Waals surface area contributed by atoms with Crippen LogP contribution in [0.1, 0.15) is 92.4 Å². The fraction of sp³-hybridized carbons (Fsp3) is 1.00. The SMILES string of the molecule is CC(C)(C)C1CCC(C(C)(C)C2CCC3CCCCC32)C1. The Labute approximate surface area is 133 Å². The van der Waals surface area contributed by atoms with Crippen molar-refractivity contribution in [1.82, 2.24) is 0 Å². The second-order valence-electron chi connectivity index (χ2n) is 10.3. The number of fused-ring (bicyclic) bond motifs is 1. The van der Waals surface area contributed by atoms with Gasteiger partial charge in [-0.25, -0.2) is 0 Å². The first-order chi connectivity index (χ1) is 9.80. The summed E-state index contributed by atoms with van der Waals surface area (Å²) in [5, 5.41) is 0. The van der Waals surface area contributed by atoms with E-state index in [0.29, 0.717) is 10.8 Å². The standard InChI is InChI=1S/C21H38/c1-20(2,3)16-11-12-17(14-16)21(4,5)19-13-10-15-8-6-7-9-18(15)19/h15-19H,6-14H2,1-5H3. The molecule has 0 spiro atoms. The lowest BCUT2D eigenvalue weighted by atomic mass is 9.62. The second kappa shape index (κ2) is 5.57. The van der Waals surface area contributed by atoms with Crippen LogP contribution in [0.2, 0.25) is 0 Å². The van der Waals surface area contributed by atoms with Crippen molar-refractivity contribution in [2.75, 3.05) is 0 Å². The van der Waals surface area contributed by atoms with Crippen LogP contribution in [0.5, 0.6) is 0 Å². The summed E-state index contributed by atoms with van der Waals surface area (Å²) in [6.45, 7) is 12.7. The first-order valence-corrected chi connectivity index (χ1v) is 9.80. The number of hydrogen-bond acceptors (Lipinski definition) is 0. The van der Waals surface area contributed by atoms with Gasteiger partial charge in [-0.15, -0.1) is 0 Å². The van der Waals surface area contributed by atoms with E-state index < -0.39 is 0 Å². The van der Waals surface area contributed by atoms with Crippen molar-refractivity contribution < 1.29 is 0 Å². The molecule has 0 N–H and O–H groups in total. The Balaban J connectivity index is 1.69. The van der Waals surface area contributed by atoms with Gasteiger partial charge in [0.25, 0.3) is 0 Å². The first-order valence-electron chi connectivity index (χ1n) is 9.80. The van der Waals surface area contributed by atoms with E-state index in [0.717, 1.165) is 29.6 Å². The third-order valence-corrected chi connectivity index (χ3v) is 8.00. The minimum absolute atomic E-state index is 0.522. The Morgan fingerprint density at radius 2 is 1.33 bits per heavy atom. The fourth-order valence-electron chi connectivity index (χ4n) is 6.40. The van der Waals surface area contributed by atoms with Crippen molar-refractivity contribution in [2.45, 2.75) is 92.4 Å². The maximum atomic E-state index is 2.64. The minimum atomic E-state index is 0.522. The third-order valence-electron chi connectivity index (χ3n) is 8.00. The Bertz CT molecular complexity index is 359. The molecule has 0 heterocycles. The highest BCUT2D eigenvalue weighted by atomic mass is 14.5. The van der Waals surface area contributed by atoms with Gasteiger partial charge in [-0.1, -0.05) is 53.9 Å². The lowest BCUT2D eigenvalue weighted by molar-refractivity contribution is 0.0571. The predicted molar refractivity (Wildman–Crippen MR) is 92.2 cm³/mol. The van der Waals surface area contributed by atoms with Gasteiger partial charge in [0.1, 0.15) is 0 Å². The van der Waals surface area contributed by atoms with Crippen LogP contribution in [0.3, 0.4) is 0 Å². The average Bonchev–Trinajstić information content (AvgIpc) is 3.05. The van der Waals surface area contributed by atoms with Gasteiger partial charge in [-0.05, 0) is 78.9 Å². The van der Waals surface area contributed by atoms with Crippen molar-refractivity contribution in [1.29, 1.82) is 0 Å². The average molecular weight is 291 g/mol. The molecule has 5 atom stereocenters. The molecule has 21 heavy (non-hydrogen) atoms. The highest BCUT2D eigenvalue weighted by molar-refractivity contribution is 4.99. The molecule has 0 aromatic carbocycles. The second-order valence-corrected chi connectivity index (χ2v) is 10.3. The molecule has 122 valence electrons. The van der Waals surface area contributed by atoms with E-state index in [9.17, 15) is 0 Å². The smallest absolute Gasteiger partial charge is 0.0295 e. The molecule has 0 aromatic heterocycles. The van der Waals surface area contributed by atoms with E-state index >= 15 is 0 Å². The molecule has 3 fully saturated rings. The Morgan fingerprint density at radius 1 is 0.667 bits per heavy atom. The topological polar surface area (TPSA) is 0 Å². The van der Waals surface area contributed by atoms with Crippen molar-refractivity contribution in [3.63, 3.8) is 0 Å². The number of rotatable bonds is 2. The fourth-order valence-corrected chi connectivity index (χ4v) is 6.40. The summed E-state index contributed by atoms with van der Waals surface area (Å²) in [6, 6.07) is 0. The van der Waals surface area contributed by atoms with Crippen LogP contribution >= 0.6 is 0 Å². The summed E-state index contributed by atoms with van der Waals surface area (Å²) < 4.78 is 0. The highest BCUT2D eigenvalue weighted by Gasteiger charge is 2.49. The van der Waals surface area contributed by atoms with Gasteiger partial charge in [-0.2, -0.15) is 0 Å². The summed E-state index contributed by atoms with van der Waals surface area (Å²) >= 11 is 0. The minimum Gasteiger partial charge on any atom is -0.0599 e. The van der Waals surface area contributed by atoms with E-state index in [1.165, 1.54) is 32.1 Å². The summed E-state index contributed by atoms with van der Waals surface area (Å²) in [6.07, 6.45) is 13.7. The molecule has 0 heteroatoms. The monoisotopic (exact) mass is 290 g/mol. The Morgan fingerprint density at radius 3 is 2.00 bits per heavy atom. The first kappa shape index (κ1) is 15.9. The quantitative estimate of drug-likeness (QED) is 0.531. The molecule has 0 aliphatic heterocycles. The predicted octanol–water partition coefficient (Wildman–Crippen LogP) is 6.69. The molecule has 3 aliphatic carbocycles. The summed E-state index contributed by atoms with van der Waals surface area (Å²) in [4.78, 5) is 0. The third kappa shape index (κ3) is 2.93. The van der Waals surface area contributed by atoms with Crippen molar-refractivity contribution >= 4 is 0 Å². The van der Waals surface area contributed by atoms with Crippen molar-refractivity contribution in [3.05, 3.63) is 0 Å². The maximum absolute atomic E-state index is 2.64. The lowest BCUT2D eigenvalue weighted by Gasteiger charge is -2.43. The summed E-state index contributed by atoms with van der Waals surface area (Å²) in [7, 11) is 0. The van der Waals surface area contributed by atoms with Gasteiger partial charge in [0.05, 0.1) is 0 Å². The zero-order valence-electron chi connectivity index (χ0n) is 15.3. The molecule has 0 bridgehead atoms. The summed E-state index contributed by atoms with van der Waals surface area (Å²) in [5.41, 5.74) is 1.12. The van der Waals surface area contributed by atoms with Gasteiger partial charge in [-0.3, -0.25) is 0 Å². The van der Waals surface area contributed by atoms with E-state index in [4.69, 9.17) is 0 Å². The highest BCUT2D eigenvalue weighted by Crippen LogP contribution is 2.58. The molecular weight excluding hydrogens is 252 g/mol. The van der Waals surface area contributed by atoms with E-state index in [1.807, 2.05) is 0 Å². The number of hydrogen-bond donors (Lipinski definition) is 0.